The van der Waals surface area contributed by atoms with Gasteiger partial charge in [-0.05, 0) is 22.9 Å². The van der Waals surface area contributed by atoms with Crippen LogP contribution in [0.1, 0.15) is 30.6 Å². The molecular formula is C20H25N3O3. The van der Waals surface area contributed by atoms with Gasteiger partial charge in [-0.2, -0.15) is 0 Å². The van der Waals surface area contributed by atoms with Crippen LogP contribution < -0.4 is 16.0 Å². The van der Waals surface area contributed by atoms with Crippen molar-refractivity contribution in [3.8, 4) is 0 Å². The molecule has 3 amide bonds. The van der Waals surface area contributed by atoms with Crippen molar-refractivity contribution < 1.29 is 14.4 Å². The third-order valence-electron chi connectivity index (χ3n) is 3.92. The first-order chi connectivity index (χ1) is 12.5. The molecule has 0 aliphatic heterocycles. The molecule has 0 bridgehead atoms. The number of rotatable bonds is 8. The molecule has 0 saturated heterocycles. The summed E-state index contributed by atoms with van der Waals surface area (Å²) in [4.78, 5) is 35.3. The van der Waals surface area contributed by atoms with Gasteiger partial charge < -0.3 is 16.0 Å². The molecule has 6 heteroatoms. The fraction of sp³-hybridized carbons (Fsp3) is 0.350. The zero-order valence-electron chi connectivity index (χ0n) is 15.2. The fourth-order valence-corrected chi connectivity index (χ4v) is 2.40. The van der Waals surface area contributed by atoms with Crippen molar-refractivity contribution in [3.63, 3.8) is 0 Å². The lowest BCUT2D eigenvalue weighted by molar-refractivity contribution is -0.124. The lowest BCUT2D eigenvalue weighted by Crippen LogP contribution is -2.37. The van der Waals surface area contributed by atoms with Gasteiger partial charge in [0.1, 0.15) is 0 Å². The summed E-state index contributed by atoms with van der Waals surface area (Å²) in [7, 11) is 0. The van der Waals surface area contributed by atoms with Crippen LogP contribution in [0.3, 0.4) is 0 Å². The van der Waals surface area contributed by atoms with Gasteiger partial charge in [-0.15, -0.1) is 0 Å². The summed E-state index contributed by atoms with van der Waals surface area (Å²) in [5, 5.41) is 10.3. The number of benzene rings is 2. The quantitative estimate of drug-likeness (QED) is 0.632. The van der Waals surface area contributed by atoms with Crippen molar-refractivity contribution in [1.29, 1.82) is 0 Å². The topological polar surface area (TPSA) is 87.3 Å². The highest BCUT2D eigenvalue weighted by molar-refractivity contribution is 5.98. The van der Waals surface area contributed by atoms with Gasteiger partial charge in [0, 0.05) is 37.5 Å². The summed E-state index contributed by atoms with van der Waals surface area (Å²) in [6.45, 7) is 4.65. The summed E-state index contributed by atoms with van der Waals surface area (Å²) in [5.41, 5.74) is 0.570. The highest BCUT2D eigenvalue weighted by atomic mass is 16.2. The number of carbonyl (C=O) groups excluding carboxylic acids is 3. The van der Waals surface area contributed by atoms with Crippen LogP contribution in [0, 0.1) is 5.92 Å². The van der Waals surface area contributed by atoms with Gasteiger partial charge in [-0.3, -0.25) is 14.4 Å². The van der Waals surface area contributed by atoms with Gasteiger partial charge in [0.05, 0.1) is 0 Å². The molecule has 3 N–H and O–H groups in total. The summed E-state index contributed by atoms with van der Waals surface area (Å²) in [6, 6.07) is 13.3. The number of hydrogen-bond acceptors (Lipinski definition) is 3. The van der Waals surface area contributed by atoms with E-state index in [0.29, 0.717) is 18.7 Å². The number of fused-ring (bicyclic) bond motifs is 1. The highest BCUT2D eigenvalue weighted by Crippen LogP contribution is 2.15. The van der Waals surface area contributed by atoms with Crippen molar-refractivity contribution in [2.75, 3.05) is 19.6 Å². The van der Waals surface area contributed by atoms with E-state index >= 15 is 0 Å². The SMILES string of the molecule is CC(C)C(=O)NCCNC(=O)CCNC(=O)c1ccc2ccccc2c1. The molecule has 0 atom stereocenters. The normalized spacial score (nSPS) is 10.6. The first kappa shape index (κ1) is 19.4. The Morgan fingerprint density at radius 3 is 2.27 bits per heavy atom. The average Bonchev–Trinajstić information content (AvgIpc) is 2.64. The van der Waals surface area contributed by atoms with E-state index in [-0.39, 0.29) is 36.6 Å². The molecule has 0 heterocycles. The Kier molecular flexibility index (Phi) is 7.14. The van der Waals surface area contributed by atoms with Crippen LogP contribution in [0.4, 0.5) is 0 Å². The first-order valence-corrected chi connectivity index (χ1v) is 8.79. The van der Waals surface area contributed by atoms with Crippen molar-refractivity contribution in [3.05, 3.63) is 48.0 Å². The lowest BCUT2D eigenvalue weighted by Gasteiger charge is -2.09. The van der Waals surface area contributed by atoms with Crippen molar-refractivity contribution in [2.24, 2.45) is 5.92 Å². The van der Waals surface area contributed by atoms with Crippen LogP contribution >= 0.6 is 0 Å². The molecule has 0 aliphatic carbocycles. The van der Waals surface area contributed by atoms with Crippen LogP contribution in [0.15, 0.2) is 42.5 Å². The second kappa shape index (κ2) is 9.56. The largest absolute Gasteiger partial charge is 0.354 e. The third kappa shape index (κ3) is 5.88. The third-order valence-corrected chi connectivity index (χ3v) is 3.92. The van der Waals surface area contributed by atoms with Gasteiger partial charge in [0.25, 0.3) is 5.91 Å². The zero-order chi connectivity index (χ0) is 18.9. The summed E-state index contributed by atoms with van der Waals surface area (Å²) >= 11 is 0. The summed E-state index contributed by atoms with van der Waals surface area (Å²) in [6.07, 6.45) is 0.192. The smallest absolute Gasteiger partial charge is 0.251 e. The Balaban J connectivity index is 1.68. The molecule has 2 rings (SSSR count). The number of nitrogens with one attached hydrogen (secondary N) is 3. The molecule has 138 valence electrons. The molecule has 0 aromatic heterocycles. The molecule has 26 heavy (non-hydrogen) atoms. The Morgan fingerprint density at radius 2 is 1.54 bits per heavy atom. The van der Waals surface area contributed by atoms with E-state index in [1.165, 1.54) is 0 Å². The summed E-state index contributed by atoms with van der Waals surface area (Å²) in [5.74, 6) is -0.478. The van der Waals surface area contributed by atoms with Crippen LogP contribution in [-0.4, -0.2) is 37.4 Å². The minimum Gasteiger partial charge on any atom is -0.354 e. The van der Waals surface area contributed by atoms with Crippen LogP contribution in [-0.2, 0) is 9.59 Å². The molecular weight excluding hydrogens is 330 g/mol. The predicted molar refractivity (Wildman–Crippen MR) is 102 cm³/mol. The van der Waals surface area contributed by atoms with E-state index in [9.17, 15) is 14.4 Å². The molecule has 0 saturated carbocycles. The van der Waals surface area contributed by atoms with E-state index in [1.807, 2.05) is 50.2 Å². The first-order valence-electron chi connectivity index (χ1n) is 8.79. The van der Waals surface area contributed by atoms with E-state index in [1.54, 1.807) is 6.07 Å². The predicted octanol–water partition coefficient (Wildman–Crippen LogP) is 1.85. The van der Waals surface area contributed by atoms with Gasteiger partial charge in [-0.1, -0.05) is 44.2 Å². The molecule has 0 fully saturated rings. The second-order valence-corrected chi connectivity index (χ2v) is 6.36. The average molecular weight is 355 g/mol. The molecule has 0 radical (unpaired) electrons. The number of carbonyl (C=O) groups is 3. The molecule has 0 unspecified atom stereocenters. The minimum atomic E-state index is -0.201. The minimum absolute atomic E-state index is 0.0399. The Bertz CT molecular complexity index is 787. The zero-order valence-corrected chi connectivity index (χ0v) is 15.2. The molecule has 0 spiro atoms. The highest BCUT2D eigenvalue weighted by Gasteiger charge is 2.08. The maximum absolute atomic E-state index is 12.2. The van der Waals surface area contributed by atoms with Crippen molar-refractivity contribution in [2.45, 2.75) is 20.3 Å². The van der Waals surface area contributed by atoms with Crippen molar-refractivity contribution >= 4 is 28.5 Å². The molecule has 0 aliphatic rings. The summed E-state index contributed by atoms with van der Waals surface area (Å²) < 4.78 is 0. The second-order valence-electron chi connectivity index (χ2n) is 6.36. The van der Waals surface area contributed by atoms with Gasteiger partial charge in [0.15, 0.2) is 0 Å². The molecule has 2 aromatic rings. The Labute approximate surface area is 153 Å². The van der Waals surface area contributed by atoms with Crippen LogP contribution in [0.25, 0.3) is 10.8 Å². The van der Waals surface area contributed by atoms with Crippen LogP contribution in [0.2, 0.25) is 0 Å². The van der Waals surface area contributed by atoms with Gasteiger partial charge >= 0.3 is 0 Å². The maximum Gasteiger partial charge on any atom is 0.251 e. The monoisotopic (exact) mass is 355 g/mol. The van der Waals surface area contributed by atoms with Crippen molar-refractivity contribution in [1.82, 2.24) is 16.0 Å². The maximum atomic E-state index is 12.2. The fourth-order valence-electron chi connectivity index (χ4n) is 2.40. The molecule has 6 nitrogen and oxygen atoms in total. The van der Waals surface area contributed by atoms with E-state index in [0.717, 1.165) is 10.8 Å². The number of hydrogen-bond donors (Lipinski definition) is 3. The van der Waals surface area contributed by atoms with E-state index < -0.39 is 0 Å². The Hall–Kier alpha value is -2.89. The number of amides is 3. The Morgan fingerprint density at radius 1 is 0.846 bits per heavy atom. The van der Waals surface area contributed by atoms with Gasteiger partial charge in [-0.25, -0.2) is 0 Å². The van der Waals surface area contributed by atoms with Gasteiger partial charge in [0.2, 0.25) is 11.8 Å². The molecule has 2 aromatic carbocycles. The van der Waals surface area contributed by atoms with E-state index in [2.05, 4.69) is 16.0 Å². The van der Waals surface area contributed by atoms with E-state index in [4.69, 9.17) is 0 Å². The van der Waals surface area contributed by atoms with Crippen LogP contribution in [0.5, 0.6) is 0 Å². The standard InChI is InChI=1S/C20H25N3O3/c1-14(2)19(25)23-12-11-21-18(24)9-10-22-20(26)17-8-7-15-5-3-4-6-16(15)13-17/h3-8,13-14H,9-12H2,1-2H3,(H,21,24)(H,22,26)(H,23,25). The lowest BCUT2D eigenvalue weighted by atomic mass is 10.1.